The maximum absolute atomic E-state index is 6.92. The molecule has 1 aliphatic carbocycles. The fourth-order valence-electron chi connectivity index (χ4n) is 9.16. The molecule has 0 unspecified atom stereocenters. The Bertz CT molecular complexity index is 2730. The molecule has 0 N–H and O–H groups in total. The second-order valence-corrected chi connectivity index (χ2v) is 26.4. The third kappa shape index (κ3) is 10.3. The summed E-state index contributed by atoms with van der Waals surface area (Å²) in [6.45, 7) is 11.2. The number of nitrogens with zero attached hydrogens (tertiary/aromatic N) is 2. The van der Waals surface area contributed by atoms with E-state index in [1.165, 1.54) is 36.5 Å². The Balaban J connectivity index is 1.08. The van der Waals surface area contributed by atoms with Gasteiger partial charge in [0.2, 0.25) is 0 Å². The Kier molecular flexibility index (Phi) is 15.5. The molecule has 6 nitrogen and oxygen atoms in total. The summed E-state index contributed by atoms with van der Waals surface area (Å²) in [5, 5.41) is 8.72. The second kappa shape index (κ2) is 22.3. The Hall–Kier alpha value is -3.60. The van der Waals surface area contributed by atoms with Gasteiger partial charge in [0.05, 0.1) is 43.4 Å². The van der Waals surface area contributed by atoms with E-state index in [1.54, 1.807) is 0 Å². The summed E-state index contributed by atoms with van der Waals surface area (Å²) in [6.07, 6.45) is 15.5. The van der Waals surface area contributed by atoms with Crippen LogP contribution in [0.3, 0.4) is 0 Å². The first-order chi connectivity index (χ1) is 34.5. The van der Waals surface area contributed by atoms with Crippen molar-refractivity contribution in [2.45, 2.75) is 98.6 Å². The van der Waals surface area contributed by atoms with E-state index in [4.69, 9.17) is 18.9 Å². The number of hydrogen-bond donors (Lipinski definition) is 0. The number of benzene rings is 4. The first-order valence-electron chi connectivity index (χ1n) is 24.1. The summed E-state index contributed by atoms with van der Waals surface area (Å²) < 4.78 is 37.8. The molecule has 11 rings (SSSR count). The molecule has 6 heterocycles. The van der Waals surface area contributed by atoms with Crippen molar-refractivity contribution in [2.24, 2.45) is 0 Å². The molecular weight excluding hydrogens is 1020 g/mol. The minimum Gasteiger partial charge on any atom is -0.493 e. The minimum atomic E-state index is 0.624. The van der Waals surface area contributed by atoms with Gasteiger partial charge in [0.25, 0.3) is 0 Å². The summed E-state index contributed by atoms with van der Waals surface area (Å²) in [5.74, 6) is 3.81. The van der Waals surface area contributed by atoms with Crippen LogP contribution in [-0.4, -0.2) is 35.6 Å². The standard InChI is InChI=1S/C56H54N2O4S8/c1-5-15-59-49-35-11-9-12-36(49)24-40-28-44(58-33-47-48(34-58)70-56(69-47)54-65-21-22-66-54)30-42(52(40)62-18-8-4)26-38-14-10-13-37(50(38)60-16-6-2)25-41-29-43(27-39(23-35)51(41)61-17-7-3)57-31-45-46(32-57)68-55(67-45)53-63-19-20-64-53/h9-14,19-22,27-34H,5-8,15-18,23-26H2,1-4H3. The van der Waals surface area contributed by atoms with Crippen LogP contribution in [0.2, 0.25) is 0 Å². The Morgan fingerprint density at radius 1 is 0.371 bits per heavy atom. The summed E-state index contributed by atoms with van der Waals surface area (Å²) in [4.78, 5) is 5.18. The average molecular weight is 1080 g/mol. The van der Waals surface area contributed by atoms with Gasteiger partial charge in [-0.2, -0.15) is 0 Å². The van der Waals surface area contributed by atoms with Gasteiger partial charge in [-0.3, -0.25) is 0 Å². The van der Waals surface area contributed by atoms with Gasteiger partial charge < -0.3 is 28.1 Å². The molecule has 4 aromatic carbocycles. The topological polar surface area (TPSA) is 46.8 Å². The smallest absolute Gasteiger partial charge is 0.126 e. The monoisotopic (exact) mass is 1070 g/mol. The van der Waals surface area contributed by atoms with Crippen molar-refractivity contribution in [1.82, 2.24) is 9.13 Å². The zero-order chi connectivity index (χ0) is 47.6. The Morgan fingerprint density at radius 2 is 0.643 bits per heavy atom. The summed E-state index contributed by atoms with van der Waals surface area (Å²) >= 11 is 14.8. The molecule has 0 atom stereocenters. The van der Waals surface area contributed by atoms with Gasteiger partial charge >= 0.3 is 0 Å². The first kappa shape index (κ1) is 48.7. The van der Waals surface area contributed by atoms with Gasteiger partial charge in [-0.25, -0.2) is 0 Å². The molecular formula is C56H54N2O4S8. The van der Waals surface area contributed by atoms with Crippen LogP contribution in [0.4, 0.5) is 0 Å². The van der Waals surface area contributed by atoms with Crippen LogP contribution in [0.5, 0.6) is 23.0 Å². The van der Waals surface area contributed by atoms with Gasteiger partial charge in [-0.15, -0.1) is 0 Å². The molecule has 5 aliphatic rings. The third-order valence-electron chi connectivity index (χ3n) is 12.2. The largest absolute Gasteiger partial charge is 0.493 e. The molecule has 70 heavy (non-hydrogen) atoms. The number of rotatable bonds is 14. The van der Waals surface area contributed by atoms with Crippen LogP contribution in [0, 0.1) is 0 Å². The van der Waals surface area contributed by atoms with Gasteiger partial charge in [-0.1, -0.05) is 158 Å². The quantitative estimate of drug-likeness (QED) is 0.104. The van der Waals surface area contributed by atoms with E-state index in [0.29, 0.717) is 52.1 Å². The molecule has 2 aromatic heterocycles. The van der Waals surface area contributed by atoms with E-state index in [0.717, 1.165) is 105 Å². The number of para-hydroxylation sites is 2. The zero-order valence-corrected chi connectivity index (χ0v) is 46.2. The molecule has 6 aromatic rings. The lowest BCUT2D eigenvalue weighted by molar-refractivity contribution is 0.304. The van der Waals surface area contributed by atoms with Gasteiger partial charge in [0.15, 0.2) is 0 Å². The molecule has 14 heteroatoms. The van der Waals surface area contributed by atoms with Crippen LogP contribution >= 0.6 is 94.1 Å². The van der Waals surface area contributed by atoms with Crippen LogP contribution in [0.25, 0.3) is 11.4 Å². The van der Waals surface area contributed by atoms with Crippen molar-refractivity contribution in [3.8, 4) is 34.4 Å². The van der Waals surface area contributed by atoms with Crippen molar-refractivity contribution >= 4 is 94.1 Å². The highest BCUT2D eigenvalue weighted by Crippen LogP contribution is 2.59. The molecule has 0 radical (unpaired) electrons. The van der Waals surface area contributed by atoms with Crippen molar-refractivity contribution in [3.63, 3.8) is 0 Å². The maximum Gasteiger partial charge on any atom is 0.126 e. The predicted octanol–water partition coefficient (Wildman–Crippen LogP) is 17.7. The number of hydrogen-bond acceptors (Lipinski definition) is 12. The van der Waals surface area contributed by atoms with Crippen molar-refractivity contribution in [2.75, 3.05) is 26.4 Å². The highest BCUT2D eigenvalue weighted by atomic mass is 32.2. The highest BCUT2D eigenvalue weighted by Gasteiger charge is 2.29. The van der Waals surface area contributed by atoms with E-state index in [1.807, 2.05) is 94.1 Å². The lowest BCUT2D eigenvalue weighted by Gasteiger charge is -2.24. The number of aromatic nitrogens is 2. The zero-order valence-electron chi connectivity index (χ0n) is 39.7. The predicted molar refractivity (Wildman–Crippen MR) is 305 cm³/mol. The lowest BCUT2D eigenvalue weighted by Crippen LogP contribution is -2.11. The van der Waals surface area contributed by atoms with E-state index in [-0.39, 0.29) is 0 Å². The fraction of sp³-hybridized carbons (Fsp3) is 0.286. The SMILES string of the molecule is CCCOc1c2cccc1Cc1cc(-n3cc4c(c3)SC(=C3SC=CS3)S4)cc(c1OCCC)Cc1cccc(c1OCCC)Cc1cc(-n3cc4c(c3)SC(=C3SC=CS3)S4)cc(c1OCCC)C2. The molecule has 0 saturated carbocycles. The van der Waals surface area contributed by atoms with Gasteiger partial charge in [0.1, 0.15) is 23.0 Å². The first-order valence-corrected chi connectivity index (χ1v) is 30.9. The van der Waals surface area contributed by atoms with Crippen LogP contribution in [0.15, 0.2) is 144 Å². The summed E-state index contributed by atoms with van der Waals surface area (Å²) in [6, 6.07) is 22.9. The average Bonchev–Trinajstić information content (AvgIpc) is 4.23. The van der Waals surface area contributed by atoms with E-state index in [9.17, 15) is 0 Å². The van der Waals surface area contributed by atoms with E-state index >= 15 is 0 Å². The van der Waals surface area contributed by atoms with Crippen molar-refractivity contribution < 1.29 is 18.9 Å². The Labute approximate surface area is 446 Å². The summed E-state index contributed by atoms with van der Waals surface area (Å²) in [7, 11) is 0. The fourth-order valence-corrected chi connectivity index (χ4v) is 18.5. The second-order valence-electron chi connectivity index (χ2n) is 17.5. The van der Waals surface area contributed by atoms with Gasteiger partial charge in [-0.05, 0) is 93.8 Å². The molecule has 360 valence electrons. The number of ether oxygens (including phenoxy) is 4. The molecule has 0 amide bonds. The lowest BCUT2D eigenvalue weighted by atomic mass is 9.90. The van der Waals surface area contributed by atoms with Crippen molar-refractivity contribution in [3.05, 3.63) is 169 Å². The van der Waals surface area contributed by atoms with Crippen molar-refractivity contribution in [1.29, 1.82) is 0 Å². The Morgan fingerprint density at radius 3 is 0.914 bits per heavy atom. The molecule has 4 aliphatic heterocycles. The number of thioether (sulfide) groups is 8. The normalized spacial score (nSPS) is 15.8. The van der Waals surface area contributed by atoms with E-state index < -0.39 is 0 Å². The highest BCUT2D eigenvalue weighted by molar-refractivity contribution is 8.32. The van der Waals surface area contributed by atoms with Crippen LogP contribution in [0.1, 0.15) is 97.9 Å². The minimum absolute atomic E-state index is 0.624. The molecule has 0 spiro atoms. The van der Waals surface area contributed by atoms with Crippen LogP contribution < -0.4 is 18.9 Å². The molecule has 0 fully saturated rings. The van der Waals surface area contributed by atoms with E-state index in [2.05, 4.69) is 144 Å². The van der Waals surface area contributed by atoms with Gasteiger partial charge in [0, 0.05) is 104 Å². The third-order valence-corrected chi connectivity index (χ3v) is 22.5. The maximum atomic E-state index is 6.92. The van der Waals surface area contributed by atoms with Crippen LogP contribution in [-0.2, 0) is 25.7 Å². The summed E-state index contributed by atoms with van der Waals surface area (Å²) in [5.41, 5.74) is 11.4. The molecule has 8 bridgehead atoms. The number of fused-ring (bicyclic) bond motifs is 10. The molecule has 0 saturated heterocycles.